The maximum Gasteiger partial charge on any atom is 0.0565 e. The second-order valence-electron chi connectivity index (χ2n) is 1.56. The summed E-state index contributed by atoms with van der Waals surface area (Å²) in [6.45, 7) is 2.14. The van der Waals surface area contributed by atoms with Crippen LogP contribution in [0.3, 0.4) is 0 Å². The van der Waals surface area contributed by atoms with Crippen molar-refractivity contribution in [2.75, 3.05) is 13.7 Å². The van der Waals surface area contributed by atoms with Crippen LogP contribution in [-0.4, -0.2) is 24.9 Å². The molecule has 2 nitrogen and oxygen atoms in total. The quantitative estimate of drug-likeness (QED) is 0.702. The zero-order chi connectivity index (χ0) is 5.70. The van der Waals surface area contributed by atoms with Gasteiger partial charge in [0.2, 0.25) is 0 Å². The summed E-state index contributed by atoms with van der Waals surface area (Å²) in [5, 5.41) is 8.29. The summed E-state index contributed by atoms with van der Waals surface area (Å²) in [5.41, 5.74) is 0. The van der Waals surface area contributed by atoms with Gasteiger partial charge in [-0.3, -0.25) is 0 Å². The van der Waals surface area contributed by atoms with Crippen LogP contribution in [0.15, 0.2) is 0 Å². The SMILES string of the molecule is COC(C)CCO.[Y]. The van der Waals surface area contributed by atoms with Crippen LogP contribution in [-0.2, 0) is 37.4 Å². The summed E-state index contributed by atoms with van der Waals surface area (Å²) in [4.78, 5) is 0. The first-order chi connectivity index (χ1) is 3.31. The summed E-state index contributed by atoms with van der Waals surface area (Å²) < 4.78 is 4.83. The minimum Gasteiger partial charge on any atom is -0.396 e. The molecule has 0 aromatic heterocycles. The normalized spacial score (nSPS) is 12.4. The second kappa shape index (κ2) is 8.02. The van der Waals surface area contributed by atoms with Gasteiger partial charge in [-0.25, -0.2) is 0 Å². The molecule has 1 N–H and O–H groups in total. The molecule has 0 spiro atoms. The van der Waals surface area contributed by atoms with Crippen molar-refractivity contribution < 1.29 is 42.6 Å². The van der Waals surface area contributed by atoms with Crippen LogP contribution in [0.2, 0.25) is 0 Å². The van der Waals surface area contributed by atoms with Gasteiger partial charge in [-0.2, -0.15) is 0 Å². The third kappa shape index (κ3) is 7.02. The van der Waals surface area contributed by atoms with E-state index in [1.807, 2.05) is 6.92 Å². The van der Waals surface area contributed by atoms with Crippen molar-refractivity contribution in [1.82, 2.24) is 0 Å². The number of aliphatic hydroxyl groups excluding tert-OH is 1. The molecule has 8 heavy (non-hydrogen) atoms. The molecule has 47 valence electrons. The van der Waals surface area contributed by atoms with Crippen LogP contribution in [0.4, 0.5) is 0 Å². The van der Waals surface area contributed by atoms with E-state index in [1.165, 1.54) is 0 Å². The Kier molecular flexibility index (Phi) is 11.8. The Bertz CT molecular complexity index is 41.4. The fraction of sp³-hybridized carbons (Fsp3) is 1.00. The topological polar surface area (TPSA) is 29.5 Å². The average molecular weight is 193 g/mol. The van der Waals surface area contributed by atoms with Gasteiger partial charge in [-0.1, -0.05) is 0 Å². The molecule has 0 heterocycles. The fourth-order valence-corrected chi connectivity index (χ4v) is 0.300. The molecule has 0 aromatic rings. The molecule has 0 saturated heterocycles. The van der Waals surface area contributed by atoms with Crippen molar-refractivity contribution in [3.8, 4) is 0 Å². The van der Waals surface area contributed by atoms with Gasteiger partial charge in [0.1, 0.15) is 0 Å². The third-order valence-corrected chi connectivity index (χ3v) is 0.938. The van der Waals surface area contributed by atoms with E-state index in [-0.39, 0.29) is 45.4 Å². The van der Waals surface area contributed by atoms with Gasteiger partial charge in [0, 0.05) is 46.4 Å². The van der Waals surface area contributed by atoms with Crippen LogP contribution in [0.25, 0.3) is 0 Å². The van der Waals surface area contributed by atoms with Gasteiger partial charge in [0.15, 0.2) is 0 Å². The van der Waals surface area contributed by atoms with Crippen LogP contribution >= 0.6 is 0 Å². The molecule has 0 aliphatic carbocycles. The van der Waals surface area contributed by atoms with Crippen LogP contribution in [0.5, 0.6) is 0 Å². The maximum atomic E-state index is 8.29. The number of aliphatic hydroxyl groups is 1. The van der Waals surface area contributed by atoms with Gasteiger partial charge >= 0.3 is 0 Å². The van der Waals surface area contributed by atoms with E-state index in [4.69, 9.17) is 9.84 Å². The minimum atomic E-state index is 0. The first kappa shape index (κ1) is 11.8. The molecular formula is C5H12O2Y. The first-order valence-electron chi connectivity index (χ1n) is 2.45. The molecule has 0 saturated carbocycles. The van der Waals surface area contributed by atoms with Crippen LogP contribution < -0.4 is 0 Å². The molecular weight excluding hydrogens is 181 g/mol. The number of rotatable bonds is 3. The van der Waals surface area contributed by atoms with Crippen molar-refractivity contribution in [1.29, 1.82) is 0 Å². The van der Waals surface area contributed by atoms with E-state index in [1.54, 1.807) is 7.11 Å². The summed E-state index contributed by atoms with van der Waals surface area (Å²) in [6, 6.07) is 0. The predicted octanol–water partition coefficient (Wildman–Crippen LogP) is 0.401. The van der Waals surface area contributed by atoms with Crippen molar-refractivity contribution in [2.45, 2.75) is 19.4 Å². The zero-order valence-corrected chi connectivity index (χ0v) is 8.26. The largest absolute Gasteiger partial charge is 0.396 e. The van der Waals surface area contributed by atoms with Crippen LogP contribution in [0.1, 0.15) is 13.3 Å². The van der Waals surface area contributed by atoms with Crippen molar-refractivity contribution >= 4 is 0 Å². The van der Waals surface area contributed by atoms with Gasteiger partial charge < -0.3 is 9.84 Å². The molecule has 3 heteroatoms. The third-order valence-electron chi connectivity index (χ3n) is 0.938. The molecule has 1 radical (unpaired) electrons. The van der Waals surface area contributed by atoms with E-state index >= 15 is 0 Å². The summed E-state index contributed by atoms with van der Waals surface area (Å²) in [6.07, 6.45) is 0.932. The monoisotopic (exact) mass is 193 g/mol. The number of hydrogen-bond donors (Lipinski definition) is 1. The Morgan fingerprint density at radius 1 is 1.62 bits per heavy atom. The molecule has 0 aliphatic rings. The predicted molar refractivity (Wildman–Crippen MR) is 28.2 cm³/mol. The van der Waals surface area contributed by atoms with Gasteiger partial charge in [0.05, 0.1) is 6.10 Å². The van der Waals surface area contributed by atoms with E-state index in [0.29, 0.717) is 0 Å². The zero-order valence-electron chi connectivity index (χ0n) is 5.42. The smallest absolute Gasteiger partial charge is 0.0565 e. The summed E-state index contributed by atoms with van der Waals surface area (Å²) in [5.74, 6) is 0. The molecule has 1 atom stereocenters. The van der Waals surface area contributed by atoms with E-state index in [0.717, 1.165) is 6.42 Å². The standard InChI is InChI=1S/C5H12O2.Y/c1-5(7-2)3-4-6;/h5-6H,3-4H2,1-2H3;. The molecule has 0 aliphatic heterocycles. The number of hydrogen-bond acceptors (Lipinski definition) is 2. The fourth-order valence-electron chi connectivity index (χ4n) is 0.300. The van der Waals surface area contributed by atoms with Gasteiger partial charge in [-0.15, -0.1) is 0 Å². The molecule has 0 rings (SSSR count). The maximum absolute atomic E-state index is 8.29. The Hall–Kier alpha value is 1.02. The Morgan fingerprint density at radius 3 is 2.25 bits per heavy atom. The number of ether oxygens (including phenoxy) is 1. The number of methoxy groups -OCH3 is 1. The van der Waals surface area contributed by atoms with Crippen molar-refractivity contribution in [3.05, 3.63) is 0 Å². The Labute approximate surface area is 75.5 Å². The van der Waals surface area contributed by atoms with E-state index in [9.17, 15) is 0 Å². The summed E-state index contributed by atoms with van der Waals surface area (Å²) in [7, 11) is 1.64. The van der Waals surface area contributed by atoms with Crippen molar-refractivity contribution in [3.63, 3.8) is 0 Å². The Balaban J connectivity index is 0. The van der Waals surface area contributed by atoms with Gasteiger partial charge in [0.25, 0.3) is 0 Å². The first-order valence-corrected chi connectivity index (χ1v) is 2.45. The minimum absolute atomic E-state index is 0. The molecule has 0 fully saturated rings. The summed E-state index contributed by atoms with van der Waals surface area (Å²) >= 11 is 0. The van der Waals surface area contributed by atoms with E-state index in [2.05, 4.69) is 0 Å². The Morgan fingerprint density at radius 2 is 2.12 bits per heavy atom. The van der Waals surface area contributed by atoms with Crippen molar-refractivity contribution in [2.24, 2.45) is 0 Å². The average Bonchev–Trinajstić information content (AvgIpc) is 1.68. The van der Waals surface area contributed by atoms with Crippen LogP contribution in [0, 0.1) is 0 Å². The second-order valence-corrected chi connectivity index (χ2v) is 1.56. The molecule has 0 aromatic carbocycles. The van der Waals surface area contributed by atoms with E-state index < -0.39 is 0 Å². The molecule has 0 bridgehead atoms. The molecule has 1 unspecified atom stereocenters. The molecule has 0 amide bonds. The van der Waals surface area contributed by atoms with Gasteiger partial charge in [-0.05, 0) is 13.3 Å².